The van der Waals surface area contributed by atoms with E-state index in [-0.39, 0.29) is 50.5 Å². The maximum Gasteiger partial charge on any atom is 0.255 e. The van der Waals surface area contributed by atoms with Crippen molar-refractivity contribution >= 4 is 38.8 Å². The van der Waals surface area contributed by atoms with E-state index in [1.807, 2.05) is 0 Å². The van der Waals surface area contributed by atoms with Crippen molar-refractivity contribution < 1.29 is 31.2 Å². The van der Waals surface area contributed by atoms with Crippen LogP contribution in [-0.4, -0.2) is 25.9 Å². The van der Waals surface area contributed by atoms with E-state index in [0.717, 1.165) is 12.5 Å². The van der Waals surface area contributed by atoms with Gasteiger partial charge in [0.25, 0.3) is 5.91 Å². The van der Waals surface area contributed by atoms with Crippen molar-refractivity contribution in [1.82, 2.24) is 0 Å². The Balaban J connectivity index is 1.55. The molecule has 1 amide bonds. The molecular formula is C21H17ClF3NO4S. The largest absolute Gasteiger partial charge is 0.322 e. The normalized spacial score (nSPS) is 22.7. The third-order valence-electron chi connectivity index (χ3n) is 5.98. The van der Waals surface area contributed by atoms with Gasteiger partial charge in [0.2, 0.25) is 0 Å². The summed E-state index contributed by atoms with van der Waals surface area (Å²) in [5.74, 6) is -5.50. The average Bonchev–Trinajstić information content (AvgIpc) is 2.70. The van der Waals surface area contributed by atoms with Crippen molar-refractivity contribution in [1.29, 1.82) is 0 Å². The molecular weight excluding hydrogens is 455 g/mol. The number of anilines is 1. The topological polar surface area (TPSA) is 80.3 Å². The van der Waals surface area contributed by atoms with Crippen LogP contribution in [-0.2, 0) is 14.6 Å². The van der Waals surface area contributed by atoms with Crippen LogP contribution in [0.1, 0.15) is 29.6 Å². The Morgan fingerprint density at radius 1 is 1.06 bits per heavy atom. The van der Waals surface area contributed by atoms with Crippen LogP contribution in [0.25, 0.3) is 0 Å². The molecule has 3 fully saturated rings. The molecule has 2 bridgehead atoms. The van der Waals surface area contributed by atoms with E-state index in [0.29, 0.717) is 25.0 Å². The molecule has 1 unspecified atom stereocenters. The van der Waals surface area contributed by atoms with Crippen LogP contribution in [0.5, 0.6) is 0 Å². The predicted molar refractivity (Wildman–Crippen MR) is 107 cm³/mol. The summed E-state index contributed by atoms with van der Waals surface area (Å²) >= 11 is 6.09. The Hall–Kier alpha value is -2.39. The van der Waals surface area contributed by atoms with Crippen molar-refractivity contribution in [2.24, 2.45) is 17.8 Å². The molecule has 0 aliphatic heterocycles. The second-order valence-corrected chi connectivity index (χ2v) is 10.4. The maximum absolute atomic E-state index is 13.4. The van der Waals surface area contributed by atoms with E-state index >= 15 is 0 Å². The summed E-state index contributed by atoms with van der Waals surface area (Å²) in [5, 5.41) is 2.15. The van der Waals surface area contributed by atoms with Crippen molar-refractivity contribution in [3.05, 3.63) is 58.4 Å². The number of ketones is 1. The number of sulfone groups is 1. The van der Waals surface area contributed by atoms with Crippen LogP contribution in [0, 0.1) is 35.2 Å². The molecule has 1 N–H and O–H groups in total. The van der Waals surface area contributed by atoms with Crippen molar-refractivity contribution in [2.45, 2.75) is 24.2 Å². The van der Waals surface area contributed by atoms with Gasteiger partial charge in [-0.2, -0.15) is 0 Å². The summed E-state index contributed by atoms with van der Waals surface area (Å²) in [6.07, 6.45) is 1.61. The maximum atomic E-state index is 13.4. The van der Waals surface area contributed by atoms with Gasteiger partial charge in [0.15, 0.2) is 27.3 Å². The number of carbonyl (C=O) groups is 2. The van der Waals surface area contributed by atoms with E-state index in [1.54, 1.807) is 0 Å². The zero-order chi connectivity index (χ0) is 22.5. The van der Waals surface area contributed by atoms with Crippen LogP contribution in [0.4, 0.5) is 18.9 Å². The predicted octanol–water partition coefficient (Wildman–Crippen LogP) is 4.40. The third kappa shape index (κ3) is 4.21. The van der Waals surface area contributed by atoms with Gasteiger partial charge in [-0.05, 0) is 42.4 Å². The lowest BCUT2D eigenvalue weighted by molar-refractivity contribution is -0.131. The quantitative estimate of drug-likeness (QED) is 0.655. The van der Waals surface area contributed by atoms with Crippen molar-refractivity contribution in [3.8, 4) is 0 Å². The van der Waals surface area contributed by atoms with Gasteiger partial charge in [-0.3, -0.25) is 9.59 Å². The number of Topliss-reactive ketones (excluding diaryl/α,β-unsaturated/α-hetero) is 1. The van der Waals surface area contributed by atoms with Crippen LogP contribution >= 0.6 is 11.6 Å². The SMILES string of the molecule is O=C1CC2C[C@@H](C1)[C@H]2CS(=O)(=O)c1cc(C(=O)Nc2cc(F)c(F)c(F)c2)ccc1Cl. The molecule has 3 saturated carbocycles. The van der Waals surface area contributed by atoms with Crippen LogP contribution in [0.3, 0.4) is 0 Å². The highest BCUT2D eigenvalue weighted by Crippen LogP contribution is 2.50. The molecule has 0 heterocycles. The molecule has 5 nitrogen and oxygen atoms in total. The first-order valence-corrected chi connectivity index (χ1v) is 11.6. The molecule has 5 rings (SSSR count). The number of halogens is 4. The van der Waals surface area contributed by atoms with E-state index in [2.05, 4.69) is 5.32 Å². The van der Waals surface area contributed by atoms with E-state index in [9.17, 15) is 31.2 Å². The van der Waals surface area contributed by atoms with Gasteiger partial charge in [0.1, 0.15) is 5.78 Å². The molecule has 2 aromatic carbocycles. The zero-order valence-corrected chi connectivity index (χ0v) is 17.6. The summed E-state index contributed by atoms with van der Waals surface area (Å²) in [6.45, 7) is 0. The first-order valence-electron chi connectivity index (χ1n) is 9.55. The molecule has 3 aliphatic rings. The fraction of sp³-hybridized carbons (Fsp3) is 0.333. The first kappa shape index (κ1) is 21.8. The number of hydrogen-bond donors (Lipinski definition) is 1. The van der Waals surface area contributed by atoms with Gasteiger partial charge in [0, 0.05) is 36.2 Å². The number of benzene rings is 2. The Labute approximate surface area is 181 Å². The monoisotopic (exact) mass is 471 g/mol. The minimum atomic E-state index is -3.85. The van der Waals surface area contributed by atoms with E-state index < -0.39 is 33.2 Å². The average molecular weight is 472 g/mol. The lowest BCUT2D eigenvalue weighted by Crippen LogP contribution is -2.47. The standard InChI is InChI=1S/C21H17ClF3NO4S/c22-16-2-1-10(21(28)26-13-7-17(23)20(25)18(24)8-13)6-19(16)31(29,30)9-15-11-3-12(15)5-14(27)4-11/h1-2,6-8,11-12,15H,3-5,9H2,(H,26,28)/t11-,12?,15+/m0/s1. The molecule has 3 aliphatic carbocycles. The van der Waals surface area contributed by atoms with Gasteiger partial charge in [-0.25, -0.2) is 21.6 Å². The highest BCUT2D eigenvalue weighted by Gasteiger charge is 2.48. The summed E-state index contributed by atoms with van der Waals surface area (Å²) in [7, 11) is -3.85. The number of hydrogen-bond acceptors (Lipinski definition) is 4. The number of carbonyl (C=O) groups excluding carboxylic acids is 2. The van der Waals surface area contributed by atoms with Crippen molar-refractivity contribution in [3.63, 3.8) is 0 Å². The van der Waals surface area contributed by atoms with Crippen LogP contribution in [0.2, 0.25) is 5.02 Å². The minimum Gasteiger partial charge on any atom is -0.322 e. The molecule has 2 aromatic rings. The summed E-state index contributed by atoms with van der Waals surface area (Å²) < 4.78 is 65.8. The second kappa shape index (κ2) is 7.94. The Morgan fingerprint density at radius 3 is 2.29 bits per heavy atom. The third-order valence-corrected chi connectivity index (χ3v) is 8.25. The Morgan fingerprint density at radius 2 is 1.68 bits per heavy atom. The number of nitrogens with one attached hydrogen (secondary N) is 1. The van der Waals surface area contributed by atoms with Gasteiger partial charge in [-0.15, -0.1) is 0 Å². The van der Waals surface area contributed by atoms with Crippen LogP contribution in [0.15, 0.2) is 35.2 Å². The number of amides is 1. The first-order chi connectivity index (χ1) is 14.5. The van der Waals surface area contributed by atoms with Gasteiger partial charge >= 0.3 is 0 Å². The lowest BCUT2D eigenvalue weighted by atomic mass is 9.57. The van der Waals surface area contributed by atoms with Gasteiger partial charge in [-0.1, -0.05) is 11.6 Å². The minimum absolute atomic E-state index is 0.0505. The fourth-order valence-corrected chi connectivity index (χ4v) is 6.77. The lowest BCUT2D eigenvalue weighted by Gasteiger charge is -2.48. The molecule has 0 aromatic heterocycles. The highest BCUT2D eigenvalue weighted by atomic mass is 35.5. The Kier molecular flexibility index (Phi) is 5.59. The molecule has 3 atom stereocenters. The summed E-state index contributed by atoms with van der Waals surface area (Å²) in [6, 6.07) is 4.84. The second-order valence-electron chi connectivity index (χ2n) is 8.00. The highest BCUT2D eigenvalue weighted by molar-refractivity contribution is 7.91. The molecule has 0 saturated heterocycles. The van der Waals surface area contributed by atoms with Crippen molar-refractivity contribution in [2.75, 3.05) is 11.1 Å². The molecule has 164 valence electrons. The molecule has 0 radical (unpaired) electrons. The van der Waals surface area contributed by atoms with Gasteiger partial charge < -0.3 is 5.32 Å². The molecule has 31 heavy (non-hydrogen) atoms. The zero-order valence-electron chi connectivity index (χ0n) is 16.0. The van der Waals surface area contributed by atoms with E-state index in [4.69, 9.17) is 11.6 Å². The Bertz CT molecular complexity index is 1160. The summed E-state index contributed by atoms with van der Waals surface area (Å²) in [5.41, 5.74) is -0.426. The smallest absolute Gasteiger partial charge is 0.255 e. The fourth-order valence-electron chi connectivity index (χ4n) is 4.39. The van der Waals surface area contributed by atoms with E-state index in [1.165, 1.54) is 12.1 Å². The summed E-state index contributed by atoms with van der Waals surface area (Å²) in [4.78, 5) is 23.8. The number of rotatable bonds is 5. The van der Waals surface area contributed by atoms with Gasteiger partial charge in [0.05, 0.1) is 15.7 Å². The molecule has 0 spiro atoms. The molecule has 10 heteroatoms. The number of fused-ring (bicyclic) bond motifs is 2. The van der Waals surface area contributed by atoms with Crippen LogP contribution < -0.4 is 5.32 Å².